The second kappa shape index (κ2) is 12.9. The van der Waals surface area contributed by atoms with Crippen LogP contribution in [-0.2, 0) is 25.1 Å². The van der Waals surface area contributed by atoms with E-state index in [1.54, 1.807) is 0 Å². The standard InChI is InChI=1S/C21H34N3O6P/c22-13-5-4-8-18(21(26)27)30-31(28,29)20(17-11-14-23-15-12-17)24-19(25)10-9-16-6-2-1-3-7-16/h1-3,6-7,17-18,20,23H,4-5,8-15,22H2,(H,24,25)(H,26,27)(H,28,29)/t18-,20?/m1/s1. The van der Waals surface area contributed by atoms with Crippen molar-refractivity contribution in [1.29, 1.82) is 0 Å². The lowest BCUT2D eigenvalue weighted by Crippen LogP contribution is -2.45. The first-order chi connectivity index (χ1) is 14.8. The number of hydrogen-bond acceptors (Lipinski definition) is 6. The molecular formula is C21H34N3O6P. The molecule has 0 spiro atoms. The smallest absolute Gasteiger partial charge is 0.351 e. The maximum atomic E-state index is 13.2. The third-order valence-corrected chi connectivity index (χ3v) is 7.26. The quantitative estimate of drug-likeness (QED) is 0.223. The second-order valence-electron chi connectivity index (χ2n) is 7.87. The summed E-state index contributed by atoms with van der Waals surface area (Å²) >= 11 is 0. The van der Waals surface area contributed by atoms with E-state index in [4.69, 9.17) is 10.3 Å². The predicted octanol–water partition coefficient (Wildman–Crippen LogP) is 1.85. The Balaban J connectivity index is 2.08. The maximum absolute atomic E-state index is 13.2. The zero-order chi connectivity index (χ0) is 22.7. The Labute approximate surface area is 183 Å². The number of carbonyl (C=O) groups excluding carboxylic acids is 1. The predicted molar refractivity (Wildman–Crippen MR) is 118 cm³/mol. The molecular weight excluding hydrogens is 421 g/mol. The van der Waals surface area contributed by atoms with Gasteiger partial charge in [0, 0.05) is 6.42 Å². The number of piperidine rings is 1. The number of nitrogens with two attached hydrogens (primary N) is 1. The van der Waals surface area contributed by atoms with Crippen molar-refractivity contribution in [2.45, 2.75) is 56.8 Å². The first kappa shape index (κ1) is 25.5. The van der Waals surface area contributed by atoms with Crippen molar-refractivity contribution in [3.8, 4) is 0 Å². The third kappa shape index (κ3) is 8.71. The first-order valence-electron chi connectivity index (χ1n) is 10.8. The highest BCUT2D eigenvalue weighted by molar-refractivity contribution is 7.53. The third-order valence-electron chi connectivity index (χ3n) is 5.45. The molecule has 1 heterocycles. The Morgan fingerprint density at radius 1 is 1.23 bits per heavy atom. The van der Waals surface area contributed by atoms with Gasteiger partial charge in [0.1, 0.15) is 5.78 Å². The minimum absolute atomic E-state index is 0.0813. The van der Waals surface area contributed by atoms with Crippen LogP contribution in [0.15, 0.2) is 30.3 Å². The van der Waals surface area contributed by atoms with E-state index in [1.165, 1.54) is 0 Å². The van der Waals surface area contributed by atoms with Gasteiger partial charge in [-0.3, -0.25) is 13.9 Å². The molecule has 6 N–H and O–H groups in total. The van der Waals surface area contributed by atoms with Gasteiger partial charge < -0.3 is 26.4 Å². The average Bonchev–Trinajstić information content (AvgIpc) is 2.76. The molecule has 0 aliphatic carbocycles. The van der Waals surface area contributed by atoms with Gasteiger partial charge in [-0.2, -0.15) is 0 Å². The van der Waals surface area contributed by atoms with Crippen LogP contribution in [0.3, 0.4) is 0 Å². The number of amides is 1. The SMILES string of the molecule is NCCCC[C@@H](OP(=O)(O)C(NC(=O)CCc1ccccc1)C1CCNCC1)C(=O)O. The fraction of sp³-hybridized carbons (Fsp3) is 0.619. The molecule has 3 atom stereocenters. The number of aliphatic carboxylic acids is 1. The van der Waals surface area contributed by atoms with Gasteiger partial charge in [0.25, 0.3) is 0 Å². The number of carbonyl (C=O) groups is 2. The fourth-order valence-corrected chi connectivity index (χ4v) is 5.54. The number of hydrogen-bond donors (Lipinski definition) is 5. The van der Waals surface area contributed by atoms with Crippen LogP contribution in [0.4, 0.5) is 0 Å². The van der Waals surface area contributed by atoms with E-state index in [0.717, 1.165) is 5.56 Å². The summed E-state index contributed by atoms with van der Waals surface area (Å²) in [6.45, 7) is 1.71. The number of nitrogens with one attached hydrogen (secondary N) is 2. The lowest BCUT2D eigenvalue weighted by molar-refractivity contribution is -0.145. The van der Waals surface area contributed by atoms with E-state index >= 15 is 0 Å². The first-order valence-corrected chi connectivity index (χ1v) is 12.5. The van der Waals surface area contributed by atoms with Crippen LogP contribution in [0.1, 0.15) is 44.1 Å². The molecule has 1 aromatic carbocycles. The van der Waals surface area contributed by atoms with Crippen molar-refractivity contribution in [3.05, 3.63) is 35.9 Å². The molecule has 2 rings (SSSR count). The van der Waals surface area contributed by atoms with E-state index in [9.17, 15) is 24.2 Å². The van der Waals surface area contributed by atoms with Crippen LogP contribution < -0.4 is 16.4 Å². The Bertz CT molecular complexity index is 742. The second-order valence-corrected chi connectivity index (χ2v) is 9.76. The summed E-state index contributed by atoms with van der Waals surface area (Å²) < 4.78 is 18.4. The van der Waals surface area contributed by atoms with Crippen LogP contribution >= 0.6 is 7.60 Å². The van der Waals surface area contributed by atoms with Gasteiger partial charge in [0.05, 0.1) is 0 Å². The van der Waals surface area contributed by atoms with Gasteiger partial charge in [-0.1, -0.05) is 30.3 Å². The van der Waals surface area contributed by atoms with Gasteiger partial charge in [0.15, 0.2) is 6.10 Å². The maximum Gasteiger partial charge on any atom is 0.351 e. The number of aryl methyl sites for hydroxylation is 1. The Hall–Kier alpha value is -1.77. The number of unbranched alkanes of at least 4 members (excludes halogenated alkanes) is 1. The normalized spacial score (nSPS) is 18.6. The van der Waals surface area contributed by atoms with Crippen LogP contribution in [0.2, 0.25) is 0 Å². The highest BCUT2D eigenvalue weighted by atomic mass is 31.2. The van der Waals surface area contributed by atoms with Crippen LogP contribution in [-0.4, -0.2) is 53.4 Å². The summed E-state index contributed by atoms with van der Waals surface area (Å²) in [4.78, 5) is 34.9. The minimum Gasteiger partial charge on any atom is -0.479 e. The molecule has 10 heteroatoms. The topological polar surface area (TPSA) is 151 Å². The molecule has 1 aliphatic rings. The zero-order valence-electron chi connectivity index (χ0n) is 17.7. The molecule has 9 nitrogen and oxygen atoms in total. The number of rotatable bonds is 13. The summed E-state index contributed by atoms with van der Waals surface area (Å²) in [6.07, 6.45) is 1.55. The van der Waals surface area contributed by atoms with Crippen molar-refractivity contribution < 1.29 is 28.7 Å². The van der Waals surface area contributed by atoms with Crippen molar-refractivity contribution in [2.24, 2.45) is 11.7 Å². The van der Waals surface area contributed by atoms with Crippen molar-refractivity contribution in [3.63, 3.8) is 0 Å². The highest BCUT2D eigenvalue weighted by Crippen LogP contribution is 2.52. The van der Waals surface area contributed by atoms with Gasteiger partial charge in [-0.05, 0) is 69.6 Å². The molecule has 174 valence electrons. The van der Waals surface area contributed by atoms with E-state index in [-0.39, 0.29) is 24.7 Å². The Morgan fingerprint density at radius 2 is 1.90 bits per heavy atom. The zero-order valence-corrected chi connectivity index (χ0v) is 18.6. The molecule has 1 saturated heterocycles. The number of benzene rings is 1. The lowest BCUT2D eigenvalue weighted by Gasteiger charge is -2.34. The highest BCUT2D eigenvalue weighted by Gasteiger charge is 2.43. The van der Waals surface area contributed by atoms with Crippen molar-refractivity contribution in [2.75, 3.05) is 19.6 Å². The molecule has 1 aliphatic heterocycles. The molecule has 1 aromatic rings. The largest absolute Gasteiger partial charge is 0.479 e. The summed E-state index contributed by atoms with van der Waals surface area (Å²) in [5, 5.41) is 15.3. The average molecular weight is 455 g/mol. The van der Waals surface area contributed by atoms with Gasteiger partial charge in [0.2, 0.25) is 5.91 Å². The lowest BCUT2D eigenvalue weighted by atomic mass is 9.97. The van der Waals surface area contributed by atoms with Crippen LogP contribution in [0, 0.1) is 5.92 Å². The minimum atomic E-state index is -4.45. The van der Waals surface area contributed by atoms with Gasteiger partial charge in [-0.15, -0.1) is 0 Å². The van der Waals surface area contributed by atoms with Crippen LogP contribution in [0.5, 0.6) is 0 Å². The van der Waals surface area contributed by atoms with E-state index in [2.05, 4.69) is 10.6 Å². The molecule has 0 bridgehead atoms. The molecule has 1 fully saturated rings. The van der Waals surface area contributed by atoms with E-state index < -0.39 is 25.5 Å². The molecule has 1 amide bonds. The number of carboxylic acids is 1. The molecule has 0 aromatic heterocycles. The number of carboxylic acid groups (broad SMARTS) is 1. The van der Waals surface area contributed by atoms with Gasteiger partial charge in [-0.25, -0.2) is 4.79 Å². The fourth-order valence-electron chi connectivity index (χ4n) is 3.71. The summed E-state index contributed by atoms with van der Waals surface area (Å²) in [5.41, 5.74) is 6.43. The van der Waals surface area contributed by atoms with E-state index in [1.807, 2.05) is 30.3 Å². The molecule has 31 heavy (non-hydrogen) atoms. The molecule has 2 unspecified atom stereocenters. The summed E-state index contributed by atoms with van der Waals surface area (Å²) in [6, 6.07) is 9.49. The molecule has 0 radical (unpaired) electrons. The van der Waals surface area contributed by atoms with E-state index in [0.29, 0.717) is 51.7 Å². The summed E-state index contributed by atoms with van der Waals surface area (Å²) in [5.74, 6) is -3.09. The van der Waals surface area contributed by atoms with Gasteiger partial charge >= 0.3 is 13.6 Å². The Morgan fingerprint density at radius 3 is 2.52 bits per heavy atom. The van der Waals surface area contributed by atoms with Crippen molar-refractivity contribution >= 4 is 19.5 Å². The molecule has 0 saturated carbocycles. The summed E-state index contributed by atoms with van der Waals surface area (Å²) in [7, 11) is -4.45. The van der Waals surface area contributed by atoms with Crippen LogP contribution in [0.25, 0.3) is 0 Å². The Kier molecular flexibility index (Phi) is 10.6. The monoisotopic (exact) mass is 455 g/mol. The van der Waals surface area contributed by atoms with Crippen molar-refractivity contribution in [1.82, 2.24) is 10.6 Å².